The van der Waals surface area contributed by atoms with Gasteiger partial charge in [0.2, 0.25) is 0 Å². The van der Waals surface area contributed by atoms with Crippen LogP contribution in [0.1, 0.15) is 17.3 Å². The van der Waals surface area contributed by atoms with Crippen molar-refractivity contribution in [3.8, 4) is 0 Å². The summed E-state index contributed by atoms with van der Waals surface area (Å²) in [7, 11) is 0. The average molecular weight is 260 g/mol. The number of pyridine rings is 1. The molecule has 0 aliphatic carbocycles. The summed E-state index contributed by atoms with van der Waals surface area (Å²) in [6.45, 7) is 0. The third-order valence-corrected chi connectivity index (χ3v) is 3.20. The number of nitrogens with zero attached hydrogens (tertiary/aromatic N) is 1. The van der Waals surface area contributed by atoms with Crippen molar-refractivity contribution in [2.45, 2.75) is 6.04 Å². The molecule has 0 bridgehead atoms. The molecule has 3 aromatic rings. The van der Waals surface area contributed by atoms with E-state index in [0.29, 0.717) is 0 Å². The Balaban J connectivity index is 1.96. The summed E-state index contributed by atoms with van der Waals surface area (Å²) >= 11 is 0. The van der Waals surface area contributed by atoms with Crippen LogP contribution in [-0.2, 0) is 0 Å². The molecule has 98 valence electrons. The Morgan fingerprint density at radius 2 is 1.35 bits per heavy atom. The molecule has 0 aliphatic rings. The zero-order chi connectivity index (χ0) is 13.6. The summed E-state index contributed by atoms with van der Waals surface area (Å²) in [5, 5.41) is 3.55. The van der Waals surface area contributed by atoms with Crippen molar-refractivity contribution >= 4 is 5.69 Å². The highest BCUT2D eigenvalue weighted by Gasteiger charge is 2.14. The molecule has 2 nitrogen and oxygen atoms in total. The van der Waals surface area contributed by atoms with Crippen LogP contribution >= 0.6 is 0 Å². The van der Waals surface area contributed by atoms with E-state index in [9.17, 15) is 0 Å². The monoisotopic (exact) mass is 260 g/mol. The largest absolute Gasteiger partial charge is 0.373 e. The second-order valence-electron chi connectivity index (χ2n) is 4.61. The van der Waals surface area contributed by atoms with Crippen molar-refractivity contribution in [3.05, 3.63) is 96.3 Å². The van der Waals surface area contributed by atoms with Gasteiger partial charge in [0.25, 0.3) is 0 Å². The fourth-order valence-corrected chi connectivity index (χ4v) is 2.22. The van der Waals surface area contributed by atoms with Crippen LogP contribution in [0.4, 0.5) is 5.69 Å². The summed E-state index contributed by atoms with van der Waals surface area (Å²) in [6.07, 6.45) is 1.83. The topological polar surface area (TPSA) is 24.9 Å². The van der Waals surface area contributed by atoms with Gasteiger partial charge in [-0.05, 0) is 29.8 Å². The first-order chi connectivity index (χ1) is 9.93. The van der Waals surface area contributed by atoms with Gasteiger partial charge in [-0.15, -0.1) is 0 Å². The lowest BCUT2D eigenvalue weighted by atomic mass is 10.0. The standard InChI is InChI=1S/C18H16N2/c1-3-9-15(10-4-1)18(17-13-7-8-14-19-17)20-16-11-5-2-6-12-16/h1-14,18,20H. The molecular weight excluding hydrogens is 244 g/mol. The fourth-order valence-electron chi connectivity index (χ4n) is 2.22. The number of hydrogen-bond acceptors (Lipinski definition) is 2. The van der Waals surface area contributed by atoms with Crippen LogP contribution in [0, 0.1) is 0 Å². The van der Waals surface area contributed by atoms with E-state index in [1.165, 1.54) is 5.56 Å². The van der Waals surface area contributed by atoms with Gasteiger partial charge in [-0.1, -0.05) is 54.6 Å². The predicted molar refractivity (Wildman–Crippen MR) is 82.6 cm³/mol. The molecule has 1 unspecified atom stereocenters. The van der Waals surface area contributed by atoms with E-state index < -0.39 is 0 Å². The molecule has 0 amide bonds. The maximum atomic E-state index is 4.49. The normalized spacial score (nSPS) is 11.8. The van der Waals surface area contributed by atoms with Crippen molar-refractivity contribution in [2.75, 3.05) is 5.32 Å². The highest BCUT2D eigenvalue weighted by molar-refractivity contribution is 5.47. The Morgan fingerprint density at radius 3 is 2.00 bits per heavy atom. The Bertz CT molecular complexity index is 597. The number of rotatable bonds is 4. The molecular formula is C18H16N2. The van der Waals surface area contributed by atoms with Gasteiger partial charge in [0.15, 0.2) is 0 Å². The molecule has 0 saturated carbocycles. The lowest BCUT2D eigenvalue weighted by Gasteiger charge is -2.20. The van der Waals surface area contributed by atoms with E-state index in [4.69, 9.17) is 0 Å². The summed E-state index contributed by atoms with van der Waals surface area (Å²) < 4.78 is 0. The van der Waals surface area contributed by atoms with Gasteiger partial charge >= 0.3 is 0 Å². The third-order valence-electron chi connectivity index (χ3n) is 3.20. The van der Waals surface area contributed by atoms with Crippen LogP contribution in [-0.4, -0.2) is 4.98 Å². The van der Waals surface area contributed by atoms with E-state index >= 15 is 0 Å². The first-order valence-electron chi connectivity index (χ1n) is 6.71. The van der Waals surface area contributed by atoms with Gasteiger partial charge in [-0.25, -0.2) is 0 Å². The Hall–Kier alpha value is -2.61. The number of nitrogens with one attached hydrogen (secondary N) is 1. The van der Waals surface area contributed by atoms with E-state index in [1.807, 2.05) is 48.7 Å². The molecule has 1 atom stereocenters. The fraction of sp³-hybridized carbons (Fsp3) is 0.0556. The maximum absolute atomic E-state index is 4.49. The molecule has 0 aliphatic heterocycles. The van der Waals surface area contributed by atoms with Gasteiger partial charge in [0.1, 0.15) is 0 Å². The second-order valence-corrected chi connectivity index (χ2v) is 4.61. The molecule has 2 aromatic carbocycles. The minimum Gasteiger partial charge on any atom is -0.373 e. The van der Waals surface area contributed by atoms with Gasteiger partial charge < -0.3 is 5.32 Å². The predicted octanol–water partition coefficient (Wildman–Crippen LogP) is 4.28. The lowest BCUT2D eigenvalue weighted by molar-refractivity contribution is 0.887. The minimum absolute atomic E-state index is 0.0554. The van der Waals surface area contributed by atoms with Crippen LogP contribution < -0.4 is 5.32 Å². The molecule has 0 saturated heterocycles. The number of para-hydroxylation sites is 1. The van der Waals surface area contributed by atoms with Crippen molar-refractivity contribution < 1.29 is 0 Å². The van der Waals surface area contributed by atoms with E-state index in [1.54, 1.807) is 0 Å². The summed E-state index contributed by atoms with van der Waals surface area (Å²) in [6, 6.07) is 26.7. The number of hydrogen-bond donors (Lipinski definition) is 1. The Labute approximate surface area is 119 Å². The summed E-state index contributed by atoms with van der Waals surface area (Å²) in [5.74, 6) is 0. The molecule has 0 spiro atoms. The highest BCUT2D eigenvalue weighted by Crippen LogP contribution is 2.24. The van der Waals surface area contributed by atoms with Crippen LogP contribution in [0.25, 0.3) is 0 Å². The third kappa shape index (κ3) is 2.86. The SMILES string of the molecule is c1ccc(NC(c2ccccc2)c2ccccn2)cc1. The van der Waals surface area contributed by atoms with Crippen molar-refractivity contribution in [3.63, 3.8) is 0 Å². The zero-order valence-electron chi connectivity index (χ0n) is 11.1. The second kappa shape index (κ2) is 6.02. The lowest BCUT2D eigenvalue weighted by Crippen LogP contribution is -2.13. The average Bonchev–Trinajstić information content (AvgIpc) is 2.55. The maximum Gasteiger partial charge on any atom is 0.0940 e. The molecule has 1 N–H and O–H groups in total. The molecule has 3 rings (SSSR count). The Kier molecular flexibility index (Phi) is 3.74. The van der Waals surface area contributed by atoms with Gasteiger partial charge in [0.05, 0.1) is 11.7 Å². The highest BCUT2D eigenvalue weighted by atomic mass is 14.9. The smallest absolute Gasteiger partial charge is 0.0940 e. The van der Waals surface area contributed by atoms with Crippen molar-refractivity contribution in [2.24, 2.45) is 0 Å². The number of anilines is 1. The van der Waals surface area contributed by atoms with Crippen molar-refractivity contribution in [1.82, 2.24) is 4.98 Å². The number of benzene rings is 2. The van der Waals surface area contributed by atoms with Crippen LogP contribution in [0.3, 0.4) is 0 Å². The molecule has 20 heavy (non-hydrogen) atoms. The van der Waals surface area contributed by atoms with E-state index in [-0.39, 0.29) is 6.04 Å². The van der Waals surface area contributed by atoms with Crippen molar-refractivity contribution in [1.29, 1.82) is 0 Å². The van der Waals surface area contributed by atoms with E-state index in [2.05, 4.69) is 46.7 Å². The van der Waals surface area contributed by atoms with E-state index in [0.717, 1.165) is 11.4 Å². The molecule has 0 fully saturated rings. The van der Waals surface area contributed by atoms with Crippen LogP contribution in [0.15, 0.2) is 85.1 Å². The van der Waals surface area contributed by atoms with Gasteiger partial charge in [0, 0.05) is 11.9 Å². The molecule has 0 radical (unpaired) electrons. The van der Waals surface area contributed by atoms with Crippen LogP contribution in [0.2, 0.25) is 0 Å². The molecule has 2 heteroatoms. The number of aromatic nitrogens is 1. The summed E-state index contributed by atoms with van der Waals surface area (Å²) in [5.41, 5.74) is 3.31. The zero-order valence-corrected chi connectivity index (χ0v) is 11.1. The quantitative estimate of drug-likeness (QED) is 0.757. The first kappa shape index (κ1) is 12.4. The first-order valence-corrected chi connectivity index (χ1v) is 6.71. The van der Waals surface area contributed by atoms with Crippen LogP contribution in [0.5, 0.6) is 0 Å². The Morgan fingerprint density at radius 1 is 0.700 bits per heavy atom. The summed E-state index contributed by atoms with van der Waals surface area (Å²) in [4.78, 5) is 4.49. The van der Waals surface area contributed by atoms with Gasteiger partial charge in [-0.2, -0.15) is 0 Å². The molecule has 1 aromatic heterocycles. The van der Waals surface area contributed by atoms with Gasteiger partial charge in [-0.3, -0.25) is 4.98 Å². The molecule has 1 heterocycles. The minimum atomic E-state index is 0.0554.